The molecule has 92 valence electrons. The van der Waals surface area contributed by atoms with E-state index in [0.29, 0.717) is 19.3 Å². The first-order chi connectivity index (χ1) is 7.75. The Bertz CT molecular complexity index is 244. The Balaban J connectivity index is 1.80. The molecule has 3 heteroatoms. The molecule has 1 aliphatic heterocycles. The minimum atomic E-state index is -0.341. The highest BCUT2D eigenvalue weighted by Crippen LogP contribution is 2.23. The first kappa shape index (κ1) is 12.1. The van der Waals surface area contributed by atoms with Crippen molar-refractivity contribution in [2.45, 2.75) is 57.2 Å². The summed E-state index contributed by atoms with van der Waals surface area (Å²) in [7, 11) is 0. The minimum absolute atomic E-state index is 0.107. The lowest BCUT2D eigenvalue weighted by atomic mass is 9.93. The lowest BCUT2D eigenvalue weighted by Crippen LogP contribution is -2.43. The molecule has 3 atom stereocenters. The smallest absolute Gasteiger partial charge is 0.0948 e. The largest absolute Gasteiger partial charge is 0.389 e. The van der Waals surface area contributed by atoms with Crippen LogP contribution in [-0.4, -0.2) is 36.5 Å². The maximum absolute atomic E-state index is 9.64. The average Bonchev–Trinajstić information content (AvgIpc) is 2.66. The van der Waals surface area contributed by atoms with E-state index in [9.17, 15) is 5.11 Å². The molecule has 0 aromatic carbocycles. The molecular formula is C13H23NO2. The third-order valence-electron chi connectivity index (χ3n) is 3.51. The molecule has 0 radical (unpaired) electrons. The molecule has 0 aromatic heterocycles. The molecule has 2 N–H and O–H groups in total. The molecule has 0 amide bonds. The van der Waals surface area contributed by atoms with Gasteiger partial charge in [0.15, 0.2) is 0 Å². The summed E-state index contributed by atoms with van der Waals surface area (Å²) in [5.74, 6) is 0. The Hall–Kier alpha value is -0.380. The monoisotopic (exact) mass is 225 g/mol. The topological polar surface area (TPSA) is 41.5 Å². The summed E-state index contributed by atoms with van der Waals surface area (Å²) in [4.78, 5) is 0. The summed E-state index contributed by atoms with van der Waals surface area (Å²) >= 11 is 0. The van der Waals surface area contributed by atoms with Crippen LogP contribution in [0.4, 0.5) is 0 Å². The molecule has 2 rings (SSSR count). The fourth-order valence-corrected chi connectivity index (χ4v) is 2.61. The van der Waals surface area contributed by atoms with E-state index in [-0.39, 0.29) is 12.1 Å². The number of hydrogen-bond donors (Lipinski definition) is 2. The lowest BCUT2D eigenvalue weighted by molar-refractivity contribution is 0.122. The molecule has 1 saturated heterocycles. The molecule has 1 heterocycles. The van der Waals surface area contributed by atoms with Crippen LogP contribution in [-0.2, 0) is 4.74 Å². The van der Waals surface area contributed by atoms with Crippen molar-refractivity contribution in [1.29, 1.82) is 0 Å². The maximum atomic E-state index is 9.64. The third-order valence-corrected chi connectivity index (χ3v) is 3.51. The van der Waals surface area contributed by atoms with Crippen LogP contribution in [0.2, 0.25) is 0 Å². The molecule has 0 aromatic rings. The number of allylic oxidation sites excluding steroid dienone is 1. The van der Waals surface area contributed by atoms with E-state index in [0.717, 1.165) is 0 Å². The molecule has 1 unspecified atom stereocenters. The fourth-order valence-electron chi connectivity index (χ4n) is 2.61. The van der Waals surface area contributed by atoms with Gasteiger partial charge in [0.05, 0.1) is 25.4 Å². The second kappa shape index (κ2) is 5.80. The van der Waals surface area contributed by atoms with Gasteiger partial charge < -0.3 is 15.2 Å². The first-order valence-corrected chi connectivity index (χ1v) is 6.47. The second-order valence-electron chi connectivity index (χ2n) is 5.05. The zero-order valence-electron chi connectivity index (χ0n) is 10.1. The molecule has 2 aliphatic rings. The first-order valence-electron chi connectivity index (χ1n) is 6.47. The van der Waals surface area contributed by atoms with Crippen molar-refractivity contribution in [3.8, 4) is 0 Å². The van der Waals surface area contributed by atoms with Crippen LogP contribution in [0, 0.1) is 0 Å². The normalized spacial score (nSPS) is 32.8. The van der Waals surface area contributed by atoms with Gasteiger partial charge in [0.2, 0.25) is 0 Å². The Morgan fingerprint density at radius 2 is 2.06 bits per heavy atom. The minimum Gasteiger partial charge on any atom is -0.389 e. The second-order valence-corrected chi connectivity index (χ2v) is 5.05. The van der Waals surface area contributed by atoms with Crippen molar-refractivity contribution in [3.05, 3.63) is 11.6 Å². The van der Waals surface area contributed by atoms with Gasteiger partial charge in [-0.15, -0.1) is 0 Å². The number of nitrogens with one attached hydrogen (secondary N) is 1. The fraction of sp³-hybridized carbons (Fsp3) is 0.846. The number of hydrogen-bond acceptors (Lipinski definition) is 3. The maximum Gasteiger partial charge on any atom is 0.0948 e. The highest BCUT2D eigenvalue weighted by molar-refractivity contribution is 5.08. The van der Waals surface area contributed by atoms with Gasteiger partial charge in [0.1, 0.15) is 0 Å². The number of aliphatic hydroxyl groups is 1. The van der Waals surface area contributed by atoms with E-state index in [1.165, 1.54) is 32.1 Å². The lowest BCUT2D eigenvalue weighted by Gasteiger charge is -2.21. The van der Waals surface area contributed by atoms with Crippen LogP contribution in [0.25, 0.3) is 0 Å². The van der Waals surface area contributed by atoms with Crippen LogP contribution in [0.15, 0.2) is 11.6 Å². The molecule has 1 aliphatic carbocycles. The van der Waals surface area contributed by atoms with E-state index in [4.69, 9.17) is 4.74 Å². The molecule has 0 spiro atoms. The predicted molar refractivity (Wildman–Crippen MR) is 64.4 cm³/mol. The summed E-state index contributed by atoms with van der Waals surface area (Å²) in [5.41, 5.74) is 1.58. The van der Waals surface area contributed by atoms with Crippen molar-refractivity contribution >= 4 is 0 Å². The molecule has 0 bridgehead atoms. The van der Waals surface area contributed by atoms with E-state index in [1.807, 2.05) is 0 Å². The highest BCUT2D eigenvalue weighted by Gasteiger charge is 2.26. The van der Waals surface area contributed by atoms with Crippen LogP contribution >= 0.6 is 0 Å². The van der Waals surface area contributed by atoms with Crippen LogP contribution in [0.3, 0.4) is 0 Å². The Labute approximate surface area is 97.9 Å². The standard InChI is InChI=1S/C13H23NO2/c1-10(7-11-5-3-2-4-6-11)14-12-8-16-9-13(12)15/h7,10,12-15H,2-6,8-9H2,1H3/t10?,12-,13-/m1/s1. The van der Waals surface area contributed by atoms with Crippen LogP contribution in [0.5, 0.6) is 0 Å². The van der Waals surface area contributed by atoms with Crippen LogP contribution in [0.1, 0.15) is 39.0 Å². The molecule has 16 heavy (non-hydrogen) atoms. The van der Waals surface area contributed by atoms with Crippen molar-refractivity contribution < 1.29 is 9.84 Å². The zero-order valence-corrected chi connectivity index (χ0v) is 10.1. The van der Waals surface area contributed by atoms with Crippen molar-refractivity contribution in [2.24, 2.45) is 0 Å². The van der Waals surface area contributed by atoms with E-state index < -0.39 is 0 Å². The van der Waals surface area contributed by atoms with Gasteiger partial charge in [-0.3, -0.25) is 0 Å². The SMILES string of the molecule is CC(C=C1CCCCC1)N[C@@H]1COC[C@H]1O. The summed E-state index contributed by atoms with van der Waals surface area (Å²) in [6.07, 6.45) is 8.58. The average molecular weight is 225 g/mol. The van der Waals surface area contributed by atoms with Gasteiger partial charge >= 0.3 is 0 Å². The summed E-state index contributed by atoms with van der Waals surface area (Å²) in [5, 5.41) is 13.1. The zero-order chi connectivity index (χ0) is 11.4. The number of aliphatic hydroxyl groups excluding tert-OH is 1. The summed E-state index contributed by atoms with van der Waals surface area (Å²) < 4.78 is 5.23. The van der Waals surface area contributed by atoms with Crippen molar-refractivity contribution in [2.75, 3.05) is 13.2 Å². The van der Waals surface area contributed by atoms with Gasteiger partial charge in [-0.1, -0.05) is 18.1 Å². The number of ether oxygens (including phenoxy) is 1. The van der Waals surface area contributed by atoms with E-state index >= 15 is 0 Å². The van der Waals surface area contributed by atoms with E-state index in [1.54, 1.807) is 5.57 Å². The van der Waals surface area contributed by atoms with Gasteiger partial charge in [0, 0.05) is 6.04 Å². The Morgan fingerprint density at radius 3 is 2.69 bits per heavy atom. The van der Waals surface area contributed by atoms with Gasteiger partial charge in [0.25, 0.3) is 0 Å². The van der Waals surface area contributed by atoms with Crippen LogP contribution < -0.4 is 5.32 Å². The predicted octanol–water partition coefficient (Wildman–Crippen LogP) is 1.61. The van der Waals surface area contributed by atoms with Gasteiger partial charge in [-0.25, -0.2) is 0 Å². The number of rotatable bonds is 3. The summed E-state index contributed by atoms with van der Waals surface area (Å²) in [6.45, 7) is 3.27. The molecule has 3 nitrogen and oxygen atoms in total. The Morgan fingerprint density at radius 1 is 1.31 bits per heavy atom. The third kappa shape index (κ3) is 3.30. The molecular weight excluding hydrogens is 202 g/mol. The Kier molecular flexibility index (Phi) is 4.38. The van der Waals surface area contributed by atoms with Gasteiger partial charge in [-0.2, -0.15) is 0 Å². The molecule has 1 saturated carbocycles. The quantitative estimate of drug-likeness (QED) is 0.717. The highest BCUT2D eigenvalue weighted by atomic mass is 16.5. The summed E-state index contributed by atoms with van der Waals surface area (Å²) in [6, 6.07) is 0.449. The van der Waals surface area contributed by atoms with Crippen molar-refractivity contribution in [1.82, 2.24) is 5.32 Å². The molecule has 2 fully saturated rings. The van der Waals surface area contributed by atoms with Gasteiger partial charge in [-0.05, 0) is 32.6 Å². The van der Waals surface area contributed by atoms with Crippen molar-refractivity contribution in [3.63, 3.8) is 0 Å². The van der Waals surface area contributed by atoms with E-state index in [2.05, 4.69) is 18.3 Å².